The first kappa shape index (κ1) is 12.6. The van der Waals surface area contributed by atoms with Gasteiger partial charge in [0.05, 0.1) is 12.2 Å². The number of carbonyl (C=O) groups is 1. The van der Waals surface area contributed by atoms with Gasteiger partial charge in [0.1, 0.15) is 10.8 Å². The SMILES string of the molecule is O=C(NCc1ccn[nH]1)c1cc2ccccc2c(Cl)n1. The lowest BCUT2D eigenvalue weighted by molar-refractivity contribution is 0.0945. The van der Waals surface area contributed by atoms with Crippen molar-refractivity contribution in [2.75, 3.05) is 0 Å². The van der Waals surface area contributed by atoms with Gasteiger partial charge in [-0.15, -0.1) is 0 Å². The number of benzene rings is 1. The number of hydrogen-bond acceptors (Lipinski definition) is 3. The van der Waals surface area contributed by atoms with Crippen molar-refractivity contribution < 1.29 is 4.79 Å². The molecular formula is C14H11ClN4O. The van der Waals surface area contributed by atoms with Crippen LogP contribution in [0.3, 0.4) is 0 Å². The number of fused-ring (bicyclic) bond motifs is 1. The van der Waals surface area contributed by atoms with Crippen LogP contribution < -0.4 is 5.32 Å². The van der Waals surface area contributed by atoms with E-state index in [-0.39, 0.29) is 5.91 Å². The zero-order chi connectivity index (χ0) is 13.9. The standard InChI is InChI=1S/C14H11ClN4O/c15-13-11-4-2-1-3-9(11)7-12(18-13)14(20)16-8-10-5-6-17-19-10/h1-7H,8H2,(H,16,20)(H,17,19). The van der Waals surface area contributed by atoms with Gasteiger partial charge in [0.2, 0.25) is 0 Å². The molecule has 0 radical (unpaired) electrons. The summed E-state index contributed by atoms with van der Waals surface area (Å²) in [5.41, 5.74) is 1.12. The number of H-pyrrole nitrogens is 1. The normalized spacial score (nSPS) is 10.7. The fourth-order valence-electron chi connectivity index (χ4n) is 1.92. The largest absolute Gasteiger partial charge is 0.345 e. The van der Waals surface area contributed by atoms with Gasteiger partial charge >= 0.3 is 0 Å². The molecule has 0 unspecified atom stereocenters. The summed E-state index contributed by atoms with van der Waals surface area (Å²) in [6.07, 6.45) is 1.63. The zero-order valence-corrected chi connectivity index (χ0v) is 11.2. The van der Waals surface area contributed by atoms with Crippen molar-refractivity contribution in [1.82, 2.24) is 20.5 Å². The number of halogens is 1. The fourth-order valence-corrected chi connectivity index (χ4v) is 2.18. The third-order valence-electron chi connectivity index (χ3n) is 2.92. The van der Waals surface area contributed by atoms with E-state index in [0.717, 1.165) is 16.5 Å². The molecule has 0 aliphatic rings. The molecule has 0 aliphatic heterocycles. The van der Waals surface area contributed by atoms with Crippen molar-refractivity contribution in [3.8, 4) is 0 Å². The summed E-state index contributed by atoms with van der Waals surface area (Å²) >= 11 is 6.10. The third-order valence-corrected chi connectivity index (χ3v) is 3.21. The third kappa shape index (κ3) is 2.48. The van der Waals surface area contributed by atoms with Crippen LogP contribution in [0.4, 0.5) is 0 Å². The highest BCUT2D eigenvalue weighted by molar-refractivity contribution is 6.34. The van der Waals surface area contributed by atoms with E-state index in [1.165, 1.54) is 0 Å². The number of nitrogens with zero attached hydrogens (tertiary/aromatic N) is 2. The maximum Gasteiger partial charge on any atom is 0.270 e. The lowest BCUT2D eigenvalue weighted by atomic mass is 10.1. The summed E-state index contributed by atoms with van der Waals surface area (Å²) < 4.78 is 0. The molecule has 0 atom stereocenters. The number of aromatic amines is 1. The lowest BCUT2D eigenvalue weighted by Crippen LogP contribution is -2.24. The topological polar surface area (TPSA) is 70.7 Å². The van der Waals surface area contributed by atoms with Crippen LogP contribution >= 0.6 is 11.6 Å². The van der Waals surface area contributed by atoms with Crippen LogP contribution in [0.2, 0.25) is 5.15 Å². The van der Waals surface area contributed by atoms with E-state index < -0.39 is 0 Å². The first-order chi connectivity index (χ1) is 9.74. The van der Waals surface area contributed by atoms with Crippen LogP contribution in [-0.2, 0) is 6.54 Å². The molecule has 0 saturated carbocycles. The summed E-state index contributed by atoms with van der Waals surface area (Å²) in [6.45, 7) is 0.366. The molecule has 3 aromatic rings. The Bertz CT molecular complexity index is 755. The summed E-state index contributed by atoms with van der Waals surface area (Å²) in [5.74, 6) is -0.271. The Hall–Kier alpha value is -2.40. The quantitative estimate of drug-likeness (QED) is 0.727. The van der Waals surface area contributed by atoms with Crippen molar-refractivity contribution in [3.63, 3.8) is 0 Å². The number of hydrogen-bond donors (Lipinski definition) is 2. The molecule has 0 bridgehead atoms. The Morgan fingerprint density at radius 2 is 2.15 bits per heavy atom. The number of nitrogens with one attached hydrogen (secondary N) is 2. The van der Waals surface area contributed by atoms with Gasteiger partial charge in [0.25, 0.3) is 5.91 Å². The molecule has 100 valence electrons. The van der Waals surface area contributed by atoms with Gasteiger partial charge in [-0.1, -0.05) is 35.9 Å². The Labute approximate surface area is 120 Å². The van der Waals surface area contributed by atoms with E-state index in [1.54, 1.807) is 18.3 Å². The molecule has 20 heavy (non-hydrogen) atoms. The second kappa shape index (κ2) is 5.30. The number of carbonyl (C=O) groups excluding carboxylic acids is 1. The maximum absolute atomic E-state index is 12.1. The smallest absolute Gasteiger partial charge is 0.270 e. The van der Waals surface area contributed by atoms with Gasteiger partial charge in [-0.3, -0.25) is 9.89 Å². The zero-order valence-electron chi connectivity index (χ0n) is 10.4. The highest BCUT2D eigenvalue weighted by Crippen LogP contribution is 2.22. The van der Waals surface area contributed by atoms with E-state index in [0.29, 0.717) is 17.4 Å². The predicted molar refractivity (Wildman–Crippen MR) is 76.5 cm³/mol. The van der Waals surface area contributed by atoms with Crippen molar-refractivity contribution in [2.45, 2.75) is 6.54 Å². The Balaban J connectivity index is 1.84. The van der Waals surface area contributed by atoms with Crippen molar-refractivity contribution in [2.24, 2.45) is 0 Å². The van der Waals surface area contributed by atoms with Crippen molar-refractivity contribution >= 4 is 28.3 Å². The summed E-state index contributed by atoms with van der Waals surface area (Å²) in [4.78, 5) is 16.2. The van der Waals surface area contributed by atoms with Crippen LogP contribution in [0, 0.1) is 0 Å². The second-order valence-electron chi connectivity index (χ2n) is 4.28. The Morgan fingerprint density at radius 3 is 2.95 bits per heavy atom. The lowest BCUT2D eigenvalue weighted by Gasteiger charge is -2.06. The van der Waals surface area contributed by atoms with Crippen LogP contribution in [-0.4, -0.2) is 21.1 Å². The minimum absolute atomic E-state index is 0.271. The van der Waals surface area contributed by atoms with Crippen LogP contribution in [0.15, 0.2) is 42.6 Å². The Kier molecular flexibility index (Phi) is 3.35. The van der Waals surface area contributed by atoms with Gasteiger partial charge in [0.15, 0.2) is 0 Å². The van der Waals surface area contributed by atoms with E-state index in [4.69, 9.17) is 11.6 Å². The second-order valence-corrected chi connectivity index (χ2v) is 4.64. The molecule has 2 heterocycles. The molecule has 5 nitrogen and oxygen atoms in total. The predicted octanol–water partition coefficient (Wildman–Crippen LogP) is 2.54. The van der Waals surface area contributed by atoms with Gasteiger partial charge in [-0.25, -0.2) is 4.98 Å². The number of amides is 1. The van der Waals surface area contributed by atoms with E-state index in [2.05, 4.69) is 20.5 Å². The van der Waals surface area contributed by atoms with E-state index in [9.17, 15) is 4.79 Å². The molecule has 3 rings (SSSR count). The minimum Gasteiger partial charge on any atom is -0.345 e. The minimum atomic E-state index is -0.271. The molecule has 2 N–H and O–H groups in total. The first-order valence-electron chi connectivity index (χ1n) is 6.06. The molecule has 0 saturated heterocycles. The van der Waals surface area contributed by atoms with Gasteiger partial charge in [-0.05, 0) is 17.5 Å². The molecular weight excluding hydrogens is 276 g/mol. The highest BCUT2D eigenvalue weighted by Gasteiger charge is 2.11. The van der Waals surface area contributed by atoms with Gasteiger partial charge in [0, 0.05) is 11.6 Å². The molecule has 1 aromatic carbocycles. The first-order valence-corrected chi connectivity index (χ1v) is 6.43. The highest BCUT2D eigenvalue weighted by atomic mass is 35.5. The maximum atomic E-state index is 12.1. The van der Waals surface area contributed by atoms with Crippen LogP contribution in [0.5, 0.6) is 0 Å². The molecule has 0 fully saturated rings. The number of aromatic nitrogens is 3. The summed E-state index contributed by atoms with van der Waals surface area (Å²) in [6, 6.07) is 11.1. The molecule has 0 spiro atoms. The van der Waals surface area contributed by atoms with E-state index in [1.807, 2.05) is 24.3 Å². The Morgan fingerprint density at radius 1 is 1.30 bits per heavy atom. The van der Waals surface area contributed by atoms with E-state index >= 15 is 0 Å². The number of rotatable bonds is 3. The average Bonchev–Trinajstić information content (AvgIpc) is 2.98. The molecule has 1 amide bonds. The molecule has 6 heteroatoms. The van der Waals surface area contributed by atoms with Crippen molar-refractivity contribution in [1.29, 1.82) is 0 Å². The molecule has 0 aliphatic carbocycles. The molecule has 2 aromatic heterocycles. The van der Waals surface area contributed by atoms with Crippen molar-refractivity contribution in [3.05, 3.63) is 59.1 Å². The van der Waals surface area contributed by atoms with Crippen LogP contribution in [0.1, 0.15) is 16.2 Å². The van der Waals surface area contributed by atoms with Crippen LogP contribution in [0.25, 0.3) is 10.8 Å². The van der Waals surface area contributed by atoms with Gasteiger partial charge < -0.3 is 5.32 Å². The van der Waals surface area contributed by atoms with Gasteiger partial charge in [-0.2, -0.15) is 5.10 Å². The fraction of sp³-hybridized carbons (Fsp3) is 0.0714. The summed E-state index contributed by atoms with van der Waals surface area (Å²) in [7, 11) is 0. The number of pyridine rings is 1. The summed E-state index contributed by atoms with van der Waals surface area (Å²) in [5, 5.41) is 11.4. The monoisotopic (exact) mass is 286 g/mol. The average molecular weight is 287 g/mol.